The molecule has 188 valence electrons. The van der Waals surface area contributed by atoms with Gasteiger partial charge in [0.05, 0.1) is 39.9 Å². The van der Waals surface area contributed by atoms with Gasteiger partial charge in [-0.2, -0.15) is 0 Å². The molecule has 0 spiro atoms. The van der Waals surface area contributed by atoms with Crippen molar-refractivity contribution in [3.63, 3.8) is 0 Å². The number of aryl methyl sites for hydroxylation is 1. The number of hydrogen-bond donors (Lipinski definition) is 0. The third kappa shape index (κ3) is 8.40. The van der Waals surface area contributed by atoms with Gasteiger partial charge in [-0.3, -0.25) is 14.4 Å². The van der Waals surface area contributed by atoms with Crippen molar-refractivity contribution < 1.29 is 28.6 Å². The van der Waals surface area contributed by atoms with Gasteiger partial charge in [0, 0.05) is 26.1 Å². The van der Waals surface area contributed by atoms with Gasteiger partial charge >= 0.3 is 5.97 Å². The van der Waals surface area contributed by atoms with Crippen LogP contribution in [0, 0.1) is 0 Å². The van der Waals surface area contributed by atoms with Crippen LogP contribution in [0.25, 0.3) is 0 Å². The molecule has 35 heavy (non-hydrogen) atoms. The Bertz CT molecular complexity index is 981. The van der Waals surface area contributed by atoms with Crippen molar-refractivity contribution in [3.05, 3.63) is 65.7 Å². The predicted octanol–water partition coefficient (Wildman–Crippen LogP) is 2.84. The van der Waals surface area contributed by atoms with Gasteiger partial charge in [-0.1, -0.05) is 42.5 Å². The first kappa shape index (κ1) is 26.2. The third-order valence-electron chi connectivity index (χ3n) is 6.01. The normalized spacial score (nSPS) is 16.1. The Morgan fingerprint density at radius 2 is 1.74 bits per heavy atom. The molecule has 1 fully saturated rings. The van der Waals surface area contributed by atoms with E-state index in [4.69, 9.17) is 14.2 Å². The number of ether oxygens (including phenoxy) is 3. The first-order valence-corrected chi connectivity index (χ1v) is 11.9. The zero-order valence-corrected chi connectivity index (χ0v) is 20.5. The summed E-state index contributed by atoms with van der Waals surface area (Å²) in [6.07, 6.45) is 1.57. The second-order valence-electron chi connectivity index (χ2n) is 8.56. The number of amides is 2. The van der Waals surface area contributed by atoms with Crippen molar-refractivity contribution in [2.24, 2.45) is 0 Å². The lowest BCUT2D eigenvalue weighted by atomic mass is 10.1. The Morgan fingerprint density at radius 3 is 2.49 bits per heavy atom. The molecular formula is C27H34N2O6. The quantitative estimate of drug-likeness (QED) is 0.458. The van der Waals surface area contributed by atoms with E-state index < -0.39 is 0 Å². The fraction of sp³-hybridized carbons (Fsp3) is 0.444. The van der Waals surface area contributed by atoms with Gasteiger partial charge < -0.3 is 24.0 Å². The number of benzene rings is 2. The Morgan fingerprint density at radius 1 is 0.971 bits per heavy atom. The van der Waals surface area contributed by atoms with E-state index in [1.165, 1.54) is 12.7 Å². The molecule has 0 aliphatic carbocycles. The van der Waals surface area contributed by atoms with Crippen LogP contribution in [0.2, 0.25) is 0 Å². The molecule has 0 radical (unpaired) electrons. The van der Waals surface area contributed by atoms with E-state index in [0.717, 1.165) is 17.7 Å². The third-order valence-corrected chi connectivity index (χ3v) is 6.01. The monoisotopic (exact) mass is 482 g/mol. The van der Waals surface area contributed by atoms with E-state index in [0.29, 0.717) is 32.5 Å². The van der Waals surface area contributed by atoms with Gasteiger partial charge in [0.25, 0.3) is 0 Å². The van der Waals surface area contributed by atoms with Crippen LogP contribution >= 0.6 is 0 Å². The average Bonchev–Trinajstić information content (AvgIpc) is 3.05. The number of carbonyl (C=O) groups is 3. The molecule has 1 heterocycles. The molecule has 0 N–H and O–H groups in total. The van der Waals surface area contributed by atoms with Crippen LogP contribution in [0.4, 0.5) is 0 Å². The number of rotatable bonds is 11. The summed E-state index contributed by atoms with van der Waals surface area (Å²) in [6.45, 7) is 1.13. The second-order valence-corrected chi connectivity index (χ2v) is 8.56. The highest BCUT2D eigenvalue weighted by molar-refractivity contribution is 5.85. The fourth-order valence-electron chi connectivity index (χ4n) is 4.04. The summed E-state index contributed by atoms with van der Waals surface area (Å²) in [6, 6.07) is 17.6. The van der Waals surface area contributed by atoms with Crippen LogP contribution in [-0.2, 0) is 36.9 Å². The smallest absolute Gasteiger partial charge is 0.307 e. The summed E-state index contributed by atoms with van der Waals surface area (Å²) in [5.41, 5.74) is 2.11. The molecule has 1 saturated heterocycles. The number of esters is 1. The highest BCUT2D eigenvalue weighted by Crippen LogP contribution is 2.17. The Kier molecular flexibility index (Phi) is 10.1. The van der Waals surface area contributed by atoms with Gasteiger partial charge in [-0.25, -0.2) is 0 Å². The lowest BCUT2D eigenvalue weighted by Gasteiger charge is -2.25. The Hall–Kier alpha value is -3.39. The summed E-state index contributed by atoms with van der Waals surface area (Å²) >= 11 is 0. The molecular weight excluding hydrogens is 448 g/mol. The summed E-state index contributed by atoms with van der Waals surface area (Å²) in [4.78, 5) is 40.8. The lowest BCUT2D eigenvalue weighted by molar-refractivity contribution is -0.142. The summed E-state index contributed by atoms with van der Waals surface area (Å²) in [7, 11) is 2.93. The van der Waals surface area contributed by atoms with Gasteiger partial charge in [-0.05, 0) is 36.1 Å². The zero-order valence-electron chi connectivity index (χ0n) is 20.5. The number of carbonyl (C=O) groups excluding carboxylic acids is 3. The van der Waals surface area contributed by atoms with Crippen LogP contribution in [-0.4, -0.2) is 74.1 Å². The highest BCUT2D eigenvalue weighted by Gasteiger charge is 2.31. The van der Waals surface area contributed by atoms with Crippen molar-refractivity contribution >= 4 is 17.8 Å². The average molecular weight is 483 g/mol. The standard InChI is InChI=1S/C27H34N2O6/c1-33-23-12-6-11-22(16-23)20-35-24-17-28(15-14-27(32)34-2)26(31)19-29(18-24)25(30)13-7-10-21-8-4-3-5-9-21/h3-6,8-9,11-12,16,24H,7,10,13-15,17-20H2,1-2H3. The van der Waals surface area contributed by atoms with E-state index in [2.05, 4.69) is 0 Å². The van der Waals surface area contributed by atoms with Crippen LogP contribution in [0.1, 0.15) is 30.4 Å². The largest absolute Gasteiger partial charge is 0.497 e. The maximum atomic E-state index is 13.0. The second kappa shape index (κ2) is 13.5. The van der Waals surface area contributed by atoms with E-state index >= 15 is 0 Å². The maximum Gasteiger partial charge on any atom is 0.307 e. The van der Waals surface area contributed by atoms with E-state index in [-0.39, 0.29) is 43.4 Å². The van der Waals surface area contributed by atoms with Crippen molar-refractivity contribution in [1.82, 2.24) is 9.80 Å². The number of methoxy groups -OCH3 is 2. The molecule has 2 aromatic carbocycles. The molecule has 2 aromatic rings. The van der Waals surface area contributed by atoms with Gasteiger partial charge in [0.15, 0.2) is 0 Å². The van der Waals surface area contributed by atoms with E-state index in [1.807, 2.05) is 54.6 Å². The van der Waals surface area contributed by atoms with Crippen molar-refractivity contribution in [3.8, 4) is 5.75 Å². The molecule has 0 bridgehead atoms. The molecule has 1 aliphatic rings. The molecule has 1 aliphatic heterocycles. The first-order chi connectivity index (χ1) is 17.0. The van der Waals surface area contributed by atoms with E-state index in [1.54, 1.807) is 16.9 Å². The summed E-state index contributed by atoms with van der Waals surface area (Å²) in [5.74, 6) is 0.0821. The van der Waals surface area contributed by atoms with Crippen molar-refractivity contribution in [1.29, 1.82) is 0 Å². The van der Waals surface area contributed by atoms with Crippen LogP contribution in [0.15, 0.2) is 54.6 Å². The van der Waals surface area contributed by atoms with E-state index in [9.17, 15) is 14.4 Å². The minimum absolute atomic E-state index is 0.0234. The first-order valence-electron chi connectivity index (χ1n) is 11.9. The Labute approximate surface area is 206 Å². The SMILES string of the molecule is COC(=O)CCN1CC(OCc2cccc(OC)c2)CN(C(=O)CCCc2ccccc2)CC1=O. The number of nitrogens with zero attached hydrogens (tertiary/aromatic N) is 2. The van der Waals surface area contributed by atoms with Gasteiger partial charge in [0.1, 0.15) is 5.75 Å². The topological polar surface area (TPSA) is 85.4 Å². The molecule has 1 atom stereocenters. The van der Waals surface area contributed by atoms with Gasteiger partial charge in [-0.15, -0.1) is 0 Å². The Balaban J connectivity index is 1.64. The lowest BCUT2D eigenvalue weighted by Crippen LogP contribution is -2.40. The number of hydrogen-bond acceptors (Lipinski definition) is 6. The van der Waals surface area contributed by atoms with Crippen LogP contribution < -0.4 is 4.74 Å². The molecule has 2 amide bonds. The minimum Gasteiger partial charge on any atom is -0.497 e. The van der Waals surface area contributed by atoms with Crippen molar-refractivity contribution in [2.45, 2.75) is 38.4 Å². The highest BCUT2D eigenvalue weighted by atomic mass is 16.5. The van der Waals surface area contributed by atoms with Crippen LogP contribution in [0.5, 0.6) is 5.75 Å². The predicted molar refractivity (Wildman–Crippen MR) is 131 cm³/mol. The molecule has 1 unspecified atom stereocenters. The summed E-state index contributed by atoms with van der Waals surface area (Å²) < 4.78 is 16.1. The minimum atomic E-state index is -0.386. The van der Waals surface area contributed by atoms with Gasteiger partial charge in [0.2, 0.25) is 11.8 Å². The molecule has 0 saturated carbocycles. The van der Waals surface area contributed by atoms with Crippen molar-refractivity contribution in [2.75, 3.05) is 40.4 Å². The van der Waals surface area contributed by atoms with Crippen LogP contribution in [0.3, 0.4) is 0 Å². The fourth-order valence-corrected chi connectivity index (χ4v) is 4.04. The molecule has 3 rings (SSSR count). The molecule has 0 aromatic heterocycles. The zero-order chi connectivity index (χ0) is 25.0. The summed E-state index contributed by atoms with van der Waals surface area (Å²) in [5, 5.41) is 0. The molecule has 8 nitrogen and oxygen atoms in total. The molecule has 8 heteroatoms. The maximum absolute atomic E-state index is 13.0.